The van der Waals surface area contributed by atoms with Gasteiger partial charge in [-0.1, -0.05) is 221 Å². The van der Waals surface area contributed by atoms with Crippen molar-refractivity contribution in [2.45, 2.75) is 204 Å². The molecule has 96 heavy (non-hydrogen) atoms. The Kier molecular flexibility index (Phi) is 30.1. The van der Waals surface area contributed by atoms with Gasteiger partial charge in [-0.3, -0.25) is 14.4 Å². The van der Waals surface area contributed by atoms with Crippen LogP contribution >= 0.6 is 0 Å². The van der Waals surface area contributed by atoms with Gasteiger partial charge in [0.1, 0.15) is 0 Å². The van der Waals surface area contributed by atoms with E-state index in [1.54, 1.807) is 12.1 Å². The number of rotatable bonds is 6. The summed E-state index contributed by atoms with van der Waals surface area (Å²) in [6.07, 6.45) is 0.345. The van der Waals surface area contributed by atoms with Gasteiger partial charge < -0.3 is 44.8 Å². The van der Waals surface area contributed by atoms with Gasteiger partial charge >= 0.3 is 0 Å². The summed E-state index contributed by atoms with van der Waals surface area (Å²) >= 11 is 0. The Morgan fingerprint density at radius 3 is 0.927 bits per heavy atom. The van der Waals surface area contributed by atoms with Gasteiger partial charge in [0.05, 0.1) is 79.3 Å². The maximum atomic E-state index is 13.0. The number of benzene rings is 7. The molecule has 0 atom stereocenters. The first-order valence-electron chi connectivity index (χ1n) is 34.0. The number of hydrogen-bond donors (Lipinski definition) is 3. The molecule has 4 bridgehead atoms. The van der Waals surface area contributed by atoms with Crippen molar-refractivity contribution in [3.63, 3.8) is 0 Å². The van der Waals surface area contributed by atoms with Gasteiger partial charge in [0.2, 0.25) is 5.91 Å². The Hall–Kier alpha value is -7.29. The van der Waals surface area contributed by atoms with Crippen LogP contribution in [0.25, 0.3) is 0 Å². The Morgan fingerprint density at radius 2 is 0.625 bits per heavy atom. The highest BCUT2D eigenvalue weighted by Crippen LogP contribution is 2.34. The number of aryl methyl sites for hydroxylation is 1. The van der Waals surface area contributed by atoms with Crippen LogP contribution in [0, 0.1) is 6.92 Å². The van der Waals surface area contributed by atoms with Crippen LogP contribution in [0.3, 0.4) is 0 Å². The lowest BCUT2D eigenvalue weighted by Crippen LogP contribution is -2.20. The fraction of sp³-hybridized carbons (Fsp3) is 0.464. The molecule has 4 aliphatic heterocycles. The zero-order chi connectivity index (χ0) is 71.1. The Bertz CT molecular complexity index is 3310. The van der Waals surface area contributed by atoms with E-state index >= 15 is 0 Å². The predicted octanol–water partition coefficient (Wildman–Crippen LogP) is 18.9. The molecule has 0 aromatic heterocycles. The van der Waals surface area contributed by atoms with Crippen LogP contribution < -0.4 is 16.4 Å². The van der Waals surface area contributed by atoms with Crippen molar-refractivity contribution in [3.05, 3.63) is 230 Å². The number of nitrogen functional groups attached to an aromatic ring is 1. The van der Waals surface area contributed by atoms with Crippen LogP contribution in [0.5, 0.6) is 0 Å². The maximum Gasteiger partial charge on any atom is 0.255 e. The molecule has 2 amide bonds. The summed E-state index contributed by atoms with van der Waals surface area (Å²) in [5.41, 5.74) is 24.1. The number of ether oxygens (including phenoxy) is 6. The van der Waals surface area contributed by atoms with Gasteiger partial charge in [-0.2, -0.15) is 0 Å². The van der Waals surface area contributed by atoms with E-state index in [0.29, 0.717) is 97.0 Å². The average molecular weight is 1310 g/mol. The molecule has 0 saturated carbocycles. The molecule has 0 spiro atoms. The van der Waals surface area contributed by atoms with Crippen LogP contribution in [-0.2, 0) is 98.6 Å². The molecule has 4 aliphatic rings. The largest absolute Gasteiger partial charge is 0.399 e. The smallest absolute Gasteiger partial charge is 0.255 e. The Labute approximate surface area is 577 Å². The van der Waals surface area contributed by atoms with Crippen molar-refractivity contribution in [1.29, 1.82) is 0 Å². The standard InChI is InChI=1S/C24H31NO2.C24H32O6.C21H28N2O.C15H24/c1-16(26)25-21-10-8-17(9-11-21)12-22(27)18-13-19(23(2,3)4)15-20(14-18)24(5,6)7;1-2-22-4-3-21(1)17-27-13-9-25-11-15-29-19-23-5-7-24(8-6-23)20-30-16-12-26-10-14-28-18-22;1-20(2,3)15-11-14(12-16(13-15)21(4,5)6)19(24)23-18-9-7-17(22)8-10-18;1-11-8-12(14(2,3)4)10-13(9-11)15(5,6)7/h8-11,13-15H,12H2,1-7H3,(H,25,26);1-8H,9-20H2;7-13H,22H2,1-6H3,(H,23,24);8-10H,1-7H3. The molecule has 0 unspecified atom stereocenters. The number of nitrogens with one attached hydrogen (secondary N) is 2. The van der Waals surface area contributed by atoms with E-state index in [2.05, 4.69) is 221 Å². The van der Waals surface area contributed by atoms with Gasteiger partial charge in [0.25, 0.3) is 5.91 Å². The van der Waals surface area contributed by atoms with Crippen molar-refractivity contribution in [2.75, 3.05) is 69.2 Å². The van der Waals surface area contributed by atoms with Crippen LogP contribution in [0.15, 0.2) is 152 Å². The molecule has 4 heterocycles. The number of hydrogen-bond acceptors (Lipinski definition) is 10. The second kappa shape index (κ2) is 36.3. The minimum absolute atomic E-state index is 0.0164. The van der Waals surface area contributed by atoms with E-state index in [0.717, 1.165) is 55.9 Å². The number of amides is 2. The van der Waals surface area contributed by atoms with Crippen molar-refractivity contribution in [2.24, 2.45) is 0 Å². The third-order valence-corrected chi connectivity index (χ3v) is 16.1. The van der Waals surface area contributed by atoms with Crippen LogP contribution in [0.2, 0.25) is 0 Å². The number of ketones is 1. The molecule has 0 saturated heterocycles. The molecule has 0 aliphatic carbocycles. The molecule has 0 fully saturated rings. The molecule has 7 aromatic rings. The Balaban J connectivity index is 0.000000237. The highest BCUT2D eigenvalue weighted by atomic mass is 16.5. The molecule has 4 N–H and O–H groups in total. The van der Waals surface area contributed by atoms with Gasteiger partial charge in [0.15, 0.2) is 5.78 Å². The molecule has 0 radical (unpaired) electrons. The minimum atomic E-state index is -0.104. The third-order valence-electron chi connectivity index (χ3n) is 16.1. The lowest BCUT2D eigenvalue weighted by molar-refractivity contribution is -0.114. The average Bonchev–Trinajstić information content (AvgIpc) is 0.832. The molecular weight excluding hydrogens is 1190 g/mol. The summed E-state index contributed by atoms with van der Waals surface area (Å²) < 4.78 is 33.8. The number of anilines is 3. The van der Waals surface area contributed by atoms with Gasteiger partial charge in [0, 0.05) is 41.5 Å². The molecule has 520 valence electrons. The number of Topliss-reactive ketones (excluding diaryl/α,β-unsaturated/α-hetero) is 1. The molecule has 12 nitrogen and oxygen atoms in total. The van der Waals surface area contributed by atoms with E-state index in [4.69, 9.17) is 34.2 Å². The minimum Gasteiger partial charge on any atom is -0.399 e. The zero-order valence-electron chi connectivity index (χ0n) is 61.9. The molecule has 11 rings (SSSR count). The van der Waals surface area contributed by atoms with Crippen molar-refractivity contribution >= 4 is 34.7 Å². The van der Waals surface area contributed by atoms with Gasteiger partial charge in [-0.25, -0.2) is 0 Å². The first-order chi connectivity index (χ1) is 44.8. The molecule has 7 aromatic carbocycles. The first-order valence-corrected chi connectivity index (χ1v) is 34.0. The van der Waals surface area contributed by atoms with E-state index < -0.39 is 0 Å². The lowest BCUT2D eigenvalue weighted by Gasteiger charge is -2.26. The topological polar surface area (TPSA) is 157 Å². The van der Waals surface area contributed by atoms with Crippen molar-refractivity contribution < 1.29 is 42.8 Å². The molecule has 12 heteroatoms. The summed E-state index contributed by atoms with van der Waals surface area (Å²) in [4.78, 5) is 36.8. The summed E-state index contributed by atoms with van der Waals surface area (Å²) in [7, 11) is 0. The number of carbonyl (C=O) groups excluding carboxylic acids is 3. The van der Waals surface area contributed by atoms with Crippen molar-refractivity contribution in [3.8, 4) is 0 Å². The van der Waals surface area contributed by atoms with E-state index in [1.165, 1.54) is 34.7 Å². The number of carbonyl (C=O) groups is 3. The zero-order valence-corrected chi connectivity index (χ0v) is 61.9. The predicted molar refractivity (Wildman–Crippen MR) is 397 cm³/mol. The highest BCUT2D eigenvalue weighted by molar-refractivity contribution is 6.04. The summed E-state index contributed by atoms with van der Waals surface area (Å²) in [5.74, 6) is -0.0946. The normalized spacial score (nSPS) is 14.3. The summed E-state index contributed by atoms with van der Waals surface area (Å²) in [5, 5.41) is 5.69. The van der Waals surface area contributed by atoms with E-state index in [1.807, 2.05) is 60.7 Å². The van der Waals surface area contributed by atoms with Crippen LogP contribution in [0.1, 0.15) is 219 Å². The lowest BCUT2D eigenvalue weighted by atomic mass is 9.79. The fourth-order valence-corrected chi connectivity index (χ4v) is 9.79. The quantitative estimate of drug-likeness (QED) is 0.108. The first kappa shape index (κ1) is 79.4. The van der Waals surface area contributed by atoms with E-state index in [-0.39, 0.29) is 50.1 Å². The fourth-order valence-electron chi connectivity index (χ4n) is 9.79. The van der Waals surface area contributed by atoms with Crippen molar-refractivity contribution in [1.82, 2.24) is 0 Å². The second-order valence-electron chi connectivity index (χ2n) is 31.3. The second-order valence-corrected chi connectivity index (χ2v) is 31.3. The maximum absolute atomic E-state index is 13.0. The monoisotopic (exact) mass is 1310 g/mol. The third kappa shape index (κ3) is 28.8. The SMILES string of the molecule is CC(=O)Nc1ccc(CC(=O)c2cc(C(C)(C)C)cc(C(C)(C)C)c2)cc1.CC(C)(C)c1cc(C(=O)Nc2ccc(N)cc2)cc(C(C)(C)C)c1.Cc1cc(C(C)(C)C)cc(C(C)(C)C)c1.c1cc2ccc1COCCOCCOCc1ccc(cc1)COCCOCCOC2. The van der Waals surface area contributed by atoms with Crippen LogP contribution in [-0.4, -0.2) is 70.5 Å². The van der Waals surface area contributed by atoms with Crippen LogP contribution in [0.4, 0.5) is 17.1 Å². The highest BCUT2D eigenvalue weighted by Gasteiger charge is 2.25. The summed E-state index contributed by atoms with van der Waals surface area (Å²) in [6, 6.07) is 50.6. The van der Waals surface area contributed by atoms with E-state index in [9.17, 15) is 14.4 Å². The number of nitrogens with two attached hydrogens (primary N) is 1. The summed E-state index contributed by atoms with van der Waals surface area (Å²) in [6.45, 7) is 50.1. The van der Waals surface area contributed by atoms with Gasteiger partial charge in [-0.05, 0) is 161 Å². The molecular formula is C84H115N3O9. The Morgan fingerprint density at radius 1 is 0.354 bits per heavy atom. The van der Waals surface area contributed by atoms with Gasteiger partial charge in [-0.15, -0.1) is 0 Å².